The van der Waals surface area contributed by atoms with Crippen LogP contribution < -0.4 is 10.6 Å². The Bertz CT molecular complexity index is 474. The average Bonchev–Trinajstić information content (AvgIpc) is 2.53. The van der Waals surface area contributed by atoms with Gasteiger partial charge >= 0.3 is 0 Å². The maximum Gasteiger partial charge on any atom is 0.191 e. The van der Waals surface area contributed by atoms with Crippen LogP contribution in [0.1, 0.15) is 18.9 Å². The van der Waals surface area contributed by atoms with Crippen LogP contribution >= 0.6 is 35.6 Å². The van der Waals surface area contributed by atoms with Crippen LogP contribution in [0.2, 0.25) is 5.02 Å². The SMILES string of the molecule is CCNC(=NCc1cccc(Cl)c1)NCCN(C)CCCOC.I. The lowest BCUT2D eigenvalue weighted by Gasteiger charge is -2.18. The van der Waals surface area contributed by atoms with Gasteiger partial charge in [0, 0.05) is 44.9 Å². The first kappa shape index (κ1) is 23.4. The molecular weight excluding hydrogens is 439 g/mol. The first-order valence-corrected chi connectivity index (χ1v) is 8.47. The maximum atomic E-state index is 6.00. The number of ether oxygens (including phenoxy) is 1. The Morgan fingerprint density at radius 2 is 2.08 bits per heavy atom. The highest BCUT2D eigenvalue weighted by atomic mass is 127. The summed E-state index contributed by atoms with van der Waals surface area (Å²) < 4.78 is 5.07. The fourth-order valence-electron chi connectivity index (χ4n) is 2.10. The molecule has 0 aromatic heterocycles. The number of aliphatic imine (C=N–C) groups is 1. The van der Waals surface area contributed by atoms with E-state index in [-0.39, 0.29) is 24.0 Å². The Morgan fingerprint density at radius 1 is 1.29 bits per heavy atom. The second kappa shape index (κ2) is 14.7. The Kier molecular flexibility index (Phi) is 14.4. The largest absolute Gasteiger partial charge is 0.385 e. The van der Waals surface area contributed by atoms with Crippen LogP contribution in [0.25, 0.3) is 0 Å². The van der Waals surface area contributed by atoms with Crippen molar-refractivity contribution in [2.45, 2.75) is 19.9 Å². The summed E-state index contributed by atoms with van der Waals surface area (Å²) in [6, 6.07) is 7.79. The number of likely N-dealkylation sites (N-methyl/N-ethyl adjacent to an activating group) is 1. The third-order valence-corrected chi connectivity index (χ3v) is 3.56. The molecule has 1 aromatic rings. The third-order valence-electron chi connectivity index (χ3n) is 3.33. The minimum absolute atomic E-state index is 0. The Labute approximate surface area is 168 Å². The van der Waals surface area contributed by atoms with Gasteiger partial charge in [0.2, 0.25) is 0 Å². The summed E-state index contributed by atoms with van der Waals surface area (Å²) in [5, 5.41) is 7.36. The third kappa shape index (κ3) is 11.1. The van der Waals surface area contributed by atoms with Crippen LogP contribution in [0.4, 0.5) is 0 Å². The van der Waals surface area contributed by atoms with E-state index in [4.69, 9.17) is 16.3 Å². The van der Waals surface area contributed by atoms with E-state index in [9.17, 15) is 0 Å². The van der Waals surface area contributed by atoms with Crippen LogP contribution in [0, 0.1) is 0 Å². The van der Waals surface area contributed by atoms with E-state index >= 15 is 0 Å². The van der Waals surface area contributed by atoms with Gasteiger partial charge in [-0.05, 0) is 38.1 Å². The van der Waals surface area contributed by atoms with Crippen LogP contribution in [0.15, 0.2) is 29.3 Å². The molecule has 0 fully saturated rings. The molecule has 0 unspecified atom stereocenters. The first-order chi connectivity index (χ1) is 11.2. The van der Waals surface area contributed by atoms with Crippen molar-refractivity contribution in [3.05, 3.63) is 34.9 Å². The standard InChI is InChI=1S/C17H29ClN4O.HI/c1-4-19-17(20-9-11-22(2)10-6-12-23-3)21-14-15-7-5-8-16(18)13-15;/h5,7-8,13H,4,6,9-12,14H2,1-3H3,(H2,19,20,21);1H. The predicted molar refractivity (Wildman–Crippen MR) is 114 cm³/mol. The lowest BCUT2D eigenvalue weighted by atomic mass is 10.2. The molecule has 0 atom stereocenters. The highest BCUT2D eigenvalue weighted by Crippen LogP contribution is 2.11. The van der Waals surface area contributed by atoms with Crippen LogP contribution in [-0.4, -0.2) is 57.8 Å². The number of methoxy groups -OCH3 is 1. The molecule has 0 aliphatic heterocycles. The van der Waals surface area contributed by atoms with Crippen molar-refractivity contribution in [3.63, 3.8) is 0 Å². The van der Waals surface area contributed by atoms with Gasteiger partial charge in [-0.2, -0.15) is 0 Å². The summed E-state index contributed by atoms with van der Waals surface area (Å²) >= 11 is 6.00. The summed E-state index contributed by atoms with van der Waals surface area (Å²) in [4.78, 5) is 6.88. The molecule has 0 aliphatic carbocycles. The molecule has 0 amide bonds. The molecular formula is C17H30ClIN4O. The van der Waals surface area contributed by atoms with Gasteiger partial charge in [-0.1, -0.05) is 23.7 Å². The monoisotopic (exact) mass is 468 g/mol. The second-order valence-corrected chi connectivity index (χ2v) is 5.84. The van der Waals surface area contributed by atoms with Gasteiger partial charge in [-0.25, -0.2) is 4.99 Å². The molecule has 0 saturated carbocycles. The number of rotatable bonds is 10. The van der Waals surface area contributed by atoms with E-state index in [1.807, 2.05) is 24.3 Å². The fraction of sp³-hybridized carbons (Fsp3) is 0.588. The predicted octanol–water partition coefficient (Wildman–Crippen LogP) is 2.98. The number of nitrogens with zero attached hydrogens (tertiary/aromatic N) is 2. The highest BCUT2D eigenvalue weighted by molar-refractivity contribution is 14.0. The van der Waals surface area contributed by atoms with Gasteiger partial charge in [0.15, 0.2) is 5.96 Å². The molecule has 0 bridgehead atoms. The van der Waals surface area contributed by atoms with Gasteiger partial charge in [0.1, 0.15) is 0 Å². The maximum absolute atomic E-state index is 6.00. The van der Waals surface area contributed by atoms with Crippen molar-refractivity contribution in [2.75, 3.05) is 46.9 Å². The molecule has 1 aromatic carbocycles. The number of guanidine groups is 1. The van der Waals surface area contributed by atoms with Gasteiger partial charge < -0.3 is 20.3 Å². The van der Waals surface area contributed by atoms with E-state index in [0.717, 1.165) is 55.8 Å². The zero-order valence-electron chi connectivity index (χ0n) is 14.8. The molecule has 138 valence electrons. The normalized spacial score (nSPS) is 11.3. The van der Waals surface area contributed by atoms with Crippen molar-refractivity contribution >= 4 is 41.5 Å². The number of halogens is 2. The van der Waals surface area contributed by atoms with Gasteiger partial charge in [0.05, 0.1) is 6.54 Å². The summed E-state index contributed by atoms with van der Waals surface area (Å²) in [5.74, 6) is 0.831. The summed E-state index contributed by atoms with van der Waals surface area (Å²) in [6.45, 7) is 7.17. The lowest BCUT2D eigenvalue weighted by Crippen LogP contribution is -2.41. The average molecular weight is 469 g/mol. The van der Waals surface area contributed by atoms with Gasteiger partial charge in [-0.15, -0.1) is 24.0 Å². The summed E-state index contributed by atoms with van der Waals surface area (Å²) in [5.41, 5.74) is 1.10. The zero-order valence-corrected chi connectivity index (χ0v) is 17.9. The van der Waals surface area contributed by atoms with E-state index in [0.29, 0.717) is 6.54 Å². The minimum Gasteiger partial charge on any atom is -0.385 e. The van der Waals surface area contributed by atoms with Crippen molar-refractivity contribution in [3.8, 4) is 0 Å². The number of benzene rings is 1. The molecule has 1 rings (SSSR count). The molecule has 0 saturated heterocycles. The van der Waals surface area contributed by atoms with Gasteiger partial charge in [-0.3, -0.25) is 0 Å². The smallest absolute Gasteiger partial charge is 0.191 e. The molecule has 2 N–H and O–H groups in total. The van der Waals surface area contributed by atoms with E-state index in [1.165, 1.54) is 0 Å². The van der Waals surface area contributed by atoms with Crippen molar-refractivity contribution in [1.82, 2.24) is 15.5 Å². The quantitative estimate of drug-likeness (QED) is 0.240. The first-order valence-electron chi connectivity index (χ1n) is 8.09. The molecule has 0 radical (unpaired) electrons. The van der Waals surface area contributed by atoms with Crippen LogP contribution in [0.3, 0.4) is 0 Å². The molecule has 24 heavy (non-hydrogen) atoms. The zero-order chi connectivity index (χ0) is 16.9. The second-order valence-electron chi connectivity index (χ2n) is 5.40. The van der Waals surface area contributed by atoms with E-state index in [2.05, 4.69) is 34.5 Å². The molecule has 5 nitrogen and oxygen atoms in total. The molecule has 0 aliphatic rings. The van der Waals surface area contributed by atoms with Crippen LogP contribution in [-0.2, 0) is 11.3 Å². The van der Waals surface area contributed by atoms with Crippen LogP contribution in [0.5, 0.6) is 0 Å². The number of hydrogen-bond donors (Lipinski definition) is 2. The van der Waals surface area contributed by atoms with Gasteiger partial charge in [0.25, 0.3) is 0 Å². The highest BCUT2D eigenvalue weighted by Gasteiger charge is 2.01. The van der Waals surface area contributed by atoms with Crippen molar-refractivity contribution in [2.24, 2.45) is 4.99 Å². The van der Waals surface area contributed by atoms with E-state index < -0.39 is 0 Å². The topological polar surface area (TPSA) is 48.9 Å². The summed E-state index contributed by atoms with van der Waals surface area (Å²) in [7, 11) is 3.86. The minimum atomic E-state index is 0. The van der Waals surface area contributed by atoms with Crippen molar-refractivity contribution in [1.29, 1.82) is 0 Å². The Morgan fingerprint density at radius 3 is 2.75 bits per heavy atom. The molecule has 7 heteroatoms. The fourth-order valence-corrected chi connectivity index (χ4v) is 2.32. The summed E-state index contributed by atoms with van der Waals surface area (Å²) in [6.07, 6.45) is 1.05. The number of hydrogen-bond acceptors (Lipinski definition) is 3. The Balaban J connectivity index is 0.00000529. The lowest BCUT2D eigenvalue weighted by molar-refractivity contribution is 0.180. The Hall–Kier alpha value is -0.570. The van der Waals surface area contributed by atoms with E-state index in [1.54, 1.807) is 7.11 Å². The van der Waals surface area contributed by atoms with Crippen molar-refractivity contribution < 1.29 is 4.74 Å². The molecule has 0 spiro atoms. The number of nitrogens with one attached hydrogen (secondary N) is 2. The molecule has 0 heterocycles.